The number of anilines is 2. The zero-order valence-electron chi connectivity index (χ0n) is 17.1. The summed E-state index contributed by atoms with van der Waals surface area (Å²) in [5.74, 6) is -0.864. The van der Waals surface area contributed by atoms with Crippen LogP contribution in [0.25, 0.3) is 0 Å². The molecule has 0 fully saturated rings. The van der Waals surface area contributed by atoms with E-state index in [9.17, 15) is 31.2 Å². The van der Waals surface area contributed by atoms with Crippen LogP contribution in [-0.2, 0) is 20.8 Å². The number of carbonyl (C=O) groups excluding carboxylic acids is 2. The SMILES string of the molecule is CC(C)(C)OC(=O)Nc1ccc(C(F)(F)F)cc1NC(=O)c1cccc(S(C)(=O)=O)c1. The van der Waals surface area contributed by atoms with Crippen molar-refractivity contribution in [2.45, 2.75) is 37.4 Å². The van der Waals surface area contributed by atoms with Gasteiger partial charge in [-0.2, -0.15) is 13.2 Å². The molecule has 0 saturated heterocycles. The molecule has 0 aromatic heterocycles. The van der Waals surface area contributed by atoms with E-state index in [0.29, 0.717) is 6.07 Å². The van der Waals surface area contributed by atoms with Crippen LogP contribution in [-0.4, -0.2) is 32.3 Å². The lowest BCUT2D eigenvalue weighted by Crippen LogP contribution is -2.27. The molecule has 0 unspecified atom stereocenters. The molecular weight excluding hydrogens is 437 g/mol. The van der Waals surface area contributed by atoms with Gasteiger partial charge in [0.05, 0.1) is 21.8 Å². The molecular formula is C20H21F3N2O5S. The van der Waals surface area contributed by atoms with E-state index in [2.05, 4.69) is 10.6 Å². The third kappa shape index (κ3) is 6.99. The number of amides is 2. The minimum Gasteiger partial charge on any atom is -0.444 e. The van der Waals surface area contributed by atoms with E-state index in [1.165, 1.54) is 18.2 Å². The lowest BCUT2D eigenvalue weighted by molar-refractivity contribution is -0.137. The van der Waals surface area contributed by atoms with Crippen molar-refractivity contribution in [3.05, 3.63) is 53.6 Å². The minimum absolute atomic E-state index is 0.0939. The van der Waals surface area contributed by atoms with E-state index in [1.54, 1.807) is 20.8 Å². The van der Waals surface area contributed by atoms with E-state index in [4.69, 9.17) is 4.74 Å². The standard InChI is InChI=1S/C20H21F3N2O5S/c1-19(2,3)30-18(27)25-15-9-8-13(20(21,22)23)11-16(15)24-17(26)12-6-5-7-14(10-12)31(4,28)29/h5-11H,1-4H3,(H,24,26)(H,25,27). The molecule has 0 saturated carbocycles. The zero-order chi connectivity index (χ0) is 23.6. The highest BCUT2D eigenvalue weighted by Crippen LogP contribution is 2.34. The Morgan fingerprint density at radius 2 is 1.58 bits per heavy atom. The van der Waals surface area contributed by atoms with Crippen molar-refractivity contribution >= 4 is 33.2 Å². The number of nitrogens with one attached hydrogen (secondary N) is 2. The molecule has 2 aromatic carbocycles. The van der Waals surface area contributed by atoms with Crippen molar-refractivity contribution in [1.29, 1.82) is 0 Å². The number of hydrogen-bond acceptors (Lipinski definition) is 5. The van der Waals surface area contributed by atoms with Crippen molar-refractivity contribution in [3.63, 3.8) is 0 Å². The van der Waals surface area contributed by atoms with Crippen LogP contribution in [0.2, 0.25) is 0 Å². The largest absolute Gasteiger partial charge is 0.444 e. The summed E-state index contributed by atoms with van der Waals surface area (Å²) in [6, 6.07) is 7.40. The molecule has 2 N–H and O–H groups in total. The molecule has 0 aliphatic carbocycles. The molecule has 0 heterocycles. The molecule has 2 aromatic rings. The number of carbonyl (C=O) groups is 2. The van der Waals surface area contributed by atoms with Crippen molar-refractivity contribution in [2.24, 2.45) is 0 Å². The van der Waals surface area contributed by atoms with E-state index in [0.717, 1.165) is 24.5 Å². The fraction of sp³-hybridized carbons (Fsp3) is 0.300. The smallest absolute Gasteiger partial charge is 0.416 e. The Morgan fingerprint density at radius 1 is 0.935 bits per heavy atom. The van der Waals surface area contributed by atoms with Gasteiger partial charge in [-0.05, 0) is 57.2 Å². The van der Waals surface area contributed by atoms with Crippen molar-refractivity contribution in [1.82, 2.24) is 0 Å². The second-order valence-corrected chi connectivity index (χ2v) is 9.65. The first kappa shape index (κ1) is 24.2. The summed E-state index contributed by atoms with van der Waals surface area (Å²) in [7, 11) is -3.60. The van der Waals surface area contributed by atoms with Crippen LogP contribution >= 0.6 is 0 Å². The van der Waals surface area contributed by atoms with Gasteiger partial charge in [0.1, 0.15) is 5.60 Å². The van der Waals surface area contributed by atoms with Gasteiger partial charge in [-0.15, -0.1) is 0 Å². The fourth-order valence-electron chi connectivity index (χ4n) is 2.41. The fourth-order valence-corrected chi connectivity index (χ4v) is 3.08. The lowest BCUT2D eigenvalue weighted by Gasteiger charge is -2.21. The number of hydrogen-bond donors (Lipinski definition) is 2. The monoisotopic (exact) mass is 458 g/mol. The molecule has 0 radical (unpaired) electrons. The quantitative estimate of drug-likeness (QED) is 0.691. The molecule has 0 atom stereocenters. The van der Waals surface area contributed by atoms with E-state index in [1.807, 2.05) is 0 Å². The maximum atomic E-state index is 13.1. The predicted molar refractivity (Wildman–Crippen MR) is 109 cm³/mol. The van der Waals surface area contributed by atoms with Gasteiger partial charge in [0.2, 0.25) is 0 Å². The number of ether oxygens (including phenoxy) is 1. The highest BCUT2D eigenvalue weighted by atomic mass is 32.2. The predicted octanol–water partition coefficient (Wildman–Crippen LogP) is 4.71. The topological polar surface area (TPSA) is 102 Å². The summed E-state index contributed by atoms with van der Waals surface area (Å²) in [6.07, 6.45) is -4.67. The Kier molecular flexibility index (Phi) is 6.69. The number of alkyl halides is 3. The van der Waals surface area contributed by atoms with Gasteiger partial charge >= 0.3 is 12.3 Å². The lowest BCUT2D eigenvalue weighted by atomic mass is 10.1. The number of halogens is 3. The van der Waals surface area contributed by atoms with Gasteiger partial charge in [-0.1, -0.05) is 6.07 Å². The first-order chi connectivity index (χ1) is 14.1. The molecule has 31 heavy (non-hydrogen) atoms. The Labute approximate surface area is 177 Å². The van der Waals surface area contributed by atoms with Crippen LogP contribution in [0.1, 0.15) is 36.7 Å². The third-order valence-electron chi connectivity index (χ3n) is 3.76. The minimum atomic E-state index is -4.69. The summed E-state index contributed by atoms with van der Waals surface area (Å²) in [5.41, 5.74) is -2.47. The molecule has 11 heteroatoms. The molecule has 0 bridgehead atoms. The van der Waals surface area contributed by atoms with Crippen LogP contribution in [0.3, 0.4) is 0 Å². The Balaban J connectivity index is 2.40. The number of sulfone groups is 1. The second-order valence-electron chi connectivity index (χ2n) is 7.64. The van der Waals surface area contributed by atoms with Crippen LogP contribution in [0, 0.1) is 0 Å². The third-order valence-corrected chi connectivity index (χ3v) is 4.87. The van der Waals surface area contributed by atoms with Gasteiger partial charge in [0, 0.05) is 11.8 Å². The van der Waals surface area contributed by atoms with Crippen LogP contribution in [0.4, 0.5) is 29.3 Å². The molecule has 168 valence electrons. The molecule has 2 rings (SSSR count). The number of benzene rings is 2. The molecule has 0 aliphatic rings. The molecule has 0 spiro atoms. The second kappa shape index (κ2) is 8.58. The van der Waals surface area contributed by atoms with Gasteiger partial charge in [-0.25, -0.2) is 13.2 Å². The van der Waals surface area contributed by atoms with E-state index in [-0.39, 0.29) is 21.8 Å². The normalized spacial score (nSPS) is 12.2. The van der Waals surface area contributed by atoms with E-state index >= 15 is 0 Å². The van der Waals surface area contributed by atoms with Gasteiger partial charge < -0.3 is 10.1 Å². The maximum absolute atomic E-state index is 13.1. The summed E-state index contributed by atoms with van der Waals surface area (Å²) < 4.78 is 67.9. The van der Waals surface area contributed by atoms with Crippen LogP contribution in [0.15, 0.2) is 47.4 Å². The highest BCUT2D eigenvalue weighted by molar-refractivity contribution is 7.90. The first-order valence-corrected chi connectivity index (χ1v) is 10.8. The van der Waals surface area contributed by atoms with Gasteiger partial charge in [0.25, 0.3) is 5.91 Å². The average Bonchev–Trinajstić information content (AvgIpc) is 2.60. The van der Waals surface area contributed by atoms with E-state index < -0.39 is 39.2 Å². The van der Waals surface area contributed by atoms with Crippen molar-refractivity contribution in [2.75, 3.05) is 16.9 Å². The Hall–Kier alpha value is -3.08. The summed E-state index contributed by atoms with van der Waals surface area (Å²) in [4.78, 5) is 24.5. The highest BCUT2D eigenvalue weighted by Gasteiger charge is 2.31. The summed E-state index contributed by atoms with van der Waals surface area (Å²) >= 11 is 0. The average molecular weight is 458 g/mol. The zero-order valence-corrected chi connectivity index (χ0v) is 17.9. The van der Waals surface area contributed by atoms with Crippen molar-refractivity contribution < 1.29 is 35.9 Å². The van der Waals surface area contributed by atoms with Crippen LogP contribution < -0.4 is 10.6 Å². The van der Waals surface area contributed by atoms with Gasteiger partial charge in [0.15, 0.2) is 9.84 Å². The van der Waals surface area contributed by atoms with Gasteiger partial charge in [-0.3, -0.25) is 10.1 Å². The maximum Gasteiger partial charge on any atom is 0.416 e. The molecule has 0 aliphatic heterocycles. The summed E-state index contributed by atoms with van der Waals surface area (Å²) in [6.45, 7) is 4.82. The molecule has 2 amide bonds. The van der Waals surface area contributed by atoms with Crippen LogP contribution in [0.5, 0.6) is 0 Å². The summed E-state index contributed by atoms with van der Waals surface area (Å²) in [5, 5.41) is 4.58. The first-order valence-electron chi connectivity index (χ1n) is 8.89. The molecule has 7 nitrogen and oxygen atoms in total. The number of rotatable bonds is 4. The Bertz CT molecular complexity index is 1110. The van der Waals surface area contributed by atoms with Crippen molar-refractivity contribution in [3.8, 4) is 0 Å². The Morgan fingerprint density at radius 3 is 2.13 bits per heavy atom.